The Labute approximate surface area is 678 Å². The Morgan fingerprint density at radius 2 is 0.546 bits per heavy atom. The Morgan fingerprint density at radius 3 is 0.815 bits per heavy atom. The van der Waals surface area contributed by atoms with Crippen molar-refractivity contribution in [1.82, 2.24) is 0 Å². The van der Waals surface area contributed by atoms with Crippen LogP contribution in [0.1, 0.15) is 334 Å². The second-order valence-corrected chi connectivity index (χ2v) is 35.8. The van der Waals surface area contributed by atoms with Crippen LogP contribution < -0.4 is 19.6 Å². The zero-order chi connectivity index (χ0) is 76.9. The molecule has 2 aromatic heterocycles. The highest BCUT2D eigenvalue weighted by Gasteiger charge is 2.45. The van der Waals surface area contributed by atoms with Gasteiger partial charge >= 0.3 is 0 Å². The van der Waals surface area contributed by atoms with Crippen molar-refractivity contribution < 1.29 is 19.2 Å². The van der Waals surface area contributed by atoms with Crippen LogP contribution in [0.25, 0.3) is 43.2 Å². The summed E-state index contributed by atoms with van der Waals surface area (Å²) in [6.45, 7) is 25.2. The van der Waals surface area contributed by atoms with Gasteiger partial charge in [0.05, 0.1) is 45.0 Å². The molecule has 4 aromatic carbocycles. The molecule has 12 heteroatoms. The quantitative estimate of drug-likeness (QED) is 0.0282. The van der Waals surface area contributed by atoms with Gasteiger partial charge in [-0.05, 0) is 157 Å². The molecule has 588 valence electrons. The first-order valence-electron chi connectivity index (χ1n) is 43.5. The molecule has 0 fully saturated rings. The van der Waals surface area contributed by atoms with Gasteiger partial charge in [-0.25, -0.2) is 0 Å². The Bertz CT molecular complexity index is 3670. The molecule has 0 saturated heterocycles. The van der Waals surface area contributed by atoms with E-state index < -0.39 is 0 Å². The molecule has 0 radical (unpaired) electrons. The fraction of sp³-hybridized carbons (Fsp3) is 0.583. The highest BCUT2D eigenvalue weighted by atomic mass is 79.9. The van der Waals surface area contributed by atoms with E-state index in [1.54, 1.807) is 0 Å². The predicted molar refractivity (Wildman–Crippen MR) is 475 cm³/mol. The second-order valence-electron chi connectivity index (χ2n) is 32.1. The van der Waals surface area contributed by atoms with E-state index in [0.717, 1.165) is 170 Å². The van der Waals surface area contributed by atoms with Gasteiger partial charge in [0.2, 0.25) is 0 Å². The fourth-order valence-electron chi connectivity index (χ4n) is 16.9. The number of unbranched alkanes of at least 4 members (excludes halogenated alkanes) is 22. The number of fused-ring (bicyclic) bond motifs is 4. The molecule has 108 heavy (non-hydrogen) atoms. The number of hydrogen-bond donors (Lipinski definition) is 0. The van der Waals surface area contributed by atoms with Crippen molar-refractivity contribution in [3.63, 3.8) is 0 Å². The third kappa shape index (κ3) is 22.9. The lowest BCUT2D eigenvalue weighted by atomic mass is 9.94. The van der Waals surface area contributed by atoms with Gasteiger partial charge in [-0.15, -0.1) is 22.7 Å². The number of nitrogens with zero attached hydrogens (tertiary/aromatic N) is 4. The van der Waals surface area contributed by atoms with Crippen LogP contribution in [0.2, 0.25) is 0 Å². The lowest BCUT2D eigenvalue weighted by Gasteiger charge is -2.24. The molecule has 0 bridgehead atoms. The van der Waals surface area contributed by atoms with E-state index in [-0.39, 0.29) is 23.6 Å². The summed E-state index contributed by atoms with van der Waals surface area (Å²) in [5.41, 5.74) is 14.8. The van der Waals surface area contributed by atoms with Crippen LogP contribution in [-0.2, 0) is 32.0 Å². The molecule has 0 spiro atoms. The van der Waals surface area contributed by atoms with Crippen molar-refractivity contribution in [2.45, 2.75) is 313 Å². The second kappa shape index (κ2) is 45.3. The molecule has 4 amide bonds. The Kier molecular flexibility index (Phi) is 36.3. The topological polar surface area (TPSA) is 81.2 Å². The van der Waals surface area contributed by atoms with Crippen LogP contribution in [0.3, 0.4) is 0 Å². The summed E-state index contributed by atoms with van der Waals surface area (Å²) < 4.78 is 1.87. The minimum atomic E-state index is -0.0508. The average molecular weight is 1630 g/mol. The summed E-state index contributed by atoms with van der Waals surface area (Å²) >= 11 is 10.9. The van der Waals surface area contributed by atoms with Crippen LogP contribution in [0.15, 0.2) is 105 Å². The first-order valence-corrected chi connectivity index (χ1v) is 46.8. The maximum atomic E-state index is 15.3. The number of hydrogen-bond acceptors (Lipinski definition) is 6. The van der Waals surface area contributed by atoms with Crippen molar-refractivity contribution in [3.8, 4) is 20.9 Å². The zero-order valence-electron chi connectivity index (χ0n) is 68.2. The first kappa shape index (κ1) is 86.6. The van der Waals surface area contributed by atoms with E-state index in [4.69, 9.17) is 0 Å². The molecule has 4 aliphatic heterocycles. The van der Waals surface area contributed by atoms with E-state index in [9.17, 15) is 9.59 Å². The highest BCUT2D eigenvalue weighted by Crippen LogP contribution is 2.52. The van der Waals surface area contributed by atoms with Gasteiger partial charge in [0.1, 0.15) is 0 Å². The minimum Gasteiger partial charge on any atom is -0.307 e. The predicted octanol–water partition coefficient (Wildman–Crippen LogP) is 29.4. The summed E-state index contributed by atoms with van der Waals surface area (Å²) in [4.78, 5) is 69.5. The lowest BCUT2D eigenvalue weighted by Crippen LogP contribution is -2.34. The molecule has 10 rings (SSSR count). The third-order valence-corrected chi connectivity index (χ3v) is 27.0. The number of benzene rings is 4. The van der Waals surface area contributed by atoms with Crippen LogP contribution >= 0.6 is 54.5 Å². The van der Waals surface area contributed by atoms with Crippen LogP contribution in [0.4, 0.5) is 22.7 Å². The number of thiophene rings is 2. The van der Waals surface area contributed by atoms with E-state index >= 15 is 9.59 Å². The first-order chi connectivity index (χ1) is 52.7. The van der Waals surface area contributed by atoms with Gasteiger partial charge < -0.3 is 19.6 Å². The minimum absolute atomic E-state index is 0.0111. The van der Waals surface area contributed by atoms with E-state index in [0.29, 0.717) is 72.1 Å². The number of rotatable bonds is 48. The SMILES string of the molecule is CCCCC(CC)CN1C(=O)/C(=C2/C(=O)N(CC(CC)CCCC)c3cc(Br)ccc32)c2ccc(Br)cc21.CCCCCCCCCCCCc1csc(-c2ccc3c(c2)N(CC(CC)CCCC)C(=O)/C3=C2/C(=O)N(CC(CC)CCCC)c3cc(-c4cc(CCCCCCCCCCCC)cs4)ccc32)c1. The zero-order valence-corrected chi connectivity index (χ0v) is 73.0. The highest BCUT2D eigenvalue weighted by molar-refractivity contribution is 9.10. The van der Waals surface area contributed by atoms with Gasteiger partial charge in [0, 0.05) is 67.1 Å². The number of aryl methyl sites for hydroxylation is 2. The normalized spacial score (nSPS) is 16.4. The average Bonchev–Trinajstić information content (AvgIpc) is 1.58. The molecular weight excluding hydrogens is 1500 g/mol. The van der Waals surface area contributed by atoms with Crippen molar-refractivity contribution in [2.75, 3.05) is 45.8 Å². The van der Waals surface area contributed by atoms with Gasteiger partial charge in [0.15, 0.2) is 0 Å². The molecule has 6 heterocycles. The Morgan fingerprint density at radius 1 is 0.296 bits per heavy atom. The van der Waals surface area contributed by atoms with Crippen molar-refractivity contribution in [1.29, 1.82) is 0 Å². The Hall–Kier alpha value is -5.40. The summed E-state index contributed by atoms with van der Waals surface area (Å²) in [6.07, 6.45) is 47.0. The van der Waals surface area contributed by atoms with Gasteiger partial charge in [-0.1, -0.05) is 330 Å². The number of amides is 4. The molecule has 0 aliphatic carbocycles. The summed E-state index contributed by atoms with van der Waals surface area (Å²) in [5.74, 6) is 1.53. The van der Waals surface area contributed by atoms with E-state index in [1.165, 1.54) is 160 Å². The maximum Gasteiger partial charge on any atom is 0.259 e. The molecular formula is C96H134Br2N4O4S2. The number of anilines is 4. The molecule has 8 nitrogen and oxygen atoms in total. The fourth-order valence-corrected chi connectivity index (χ4v) is 19.5. The molecule has 0 saturated carbocycles. The third-order valence-electron chi connectivity index (χ3n) is 23.9. The summed E-state index contributed by atoms with van der Waals surface area (Å²) in [7, 11) is 0. The maximum absolute atomic E-state index is 15.3. The van der Waals surface area contributed by atoms with Crippen molar-refractivity contribution in [3.05, 3.63) is 138 Å². The summed E-state index contributed by atoms with van der Waals surface area (Å²) in [6, 6.07) is 30.1. The van der Waals surface area contributed by atoms with Crippen molar-refractivity contribution >= 4 is 123 Å². The van der Waals surface area contributed by atoms with Gasteiger partial charge in [-0.3, -0.25) is 19.2 Å². The molecule has 4 aliphatic rings. The monoisotopic (exact) mass is 1630 g/mol. The lowest BCUT2D eigenvalue weighted by molar-refractivity contribution is -0.114. The van der Waals surface area contributed by atoms with Crippen LogP contribution in [-0.4, -0.2) is 49.8 Å². The van der Waals surface area contributed by atoms with Gasteiger partial charge in [0.25, 0.3) is 23.6 Å². The number of halogens is 2. The molecule has 0 N–H and O–H groups in total. The molecule has 4 unspecified atom stereocenters. The van der Waals surface area contributed by atoms with Gasteiger partial charge in [-0.2, -0.15) is 0 Å². The largest absolute Gasteiger partial charge is 0.307 e. The smallest absolute Gasteiger partial charge is 0.259 e. The molecule has 4 atom stereocenters. The molecule has 6 aromatic rings. The van der Waals surface area contributed by atoms with Crippen LogP contribution in [0.5, 0.6) is 0 Å². The Balaban J connectivity index is 0.000000297. The standard InChI is InChI=1S/C64H94N2O2S2.C32H40Br2N2O2/c1-7-13-17-19-21-23-25-27-29-31-35-51-41-59(69-47-51)53-37-39-55-57(43-53)65(45-49(11-5)33-15-9-3)63(67)61(55)62-56-40-38-54(44-58(56)66(64(62)68)46-50(12-6)34-16-10-4)60-42-52(48-70-60)36-32-30-28-26-24-22-20-18-14-8-2;1-5-9-11-21(7-3)19-35-27-17-23(33)13-15-25(27)29(31(35)37)30-26-16-14-24(34)18-28(26)36(32(30)38)20-22(8-4)12-10-6-2/h37-44,47-50H,7-36,45-46H2,1-6H3;13-18,21-22H,5-12,19-20H2,1-4H3/b62-61+;30-29+. The van der Waals surface area contributed by atoms with Crippen LogP contribution in [0, 0.1) is 23.7 Å². The number of carbonyl (C=O) groups is 4. The summed E-state index contributed by atoms with van der Waals surface area (Å²) in [5, 5.41) is 4.70. The van der Waals surface area contributed by atoms with E-state index in [1.807, 2.05) is 68.9 Å². The number of carbonyl (C=O) groups excluding carboxylic acids is 4. The van der Waals surface area contributed by atoms with Crippen molar-refractivity contribution in [2.24, 2.45) is 23.7 Å². The van der Waals surface area contributed by atoms with E-state index in [2.05, 4.69) is 170 Å².